The first kappa shape index (κ1) is 112. The van der Waals surface area contributed by atoms with Crippen molar-refractivity contribution in [3.05, 3.63) is 160 Å². The number of carboxylic acids is 1. The summed E-state index contributed by atoms with van der Waals surface area (Å²) in [6.45, 7) is 3.51. The van der Waals surface area contributed by atoms with E-state index in [-0.39, 0.29) is 29.2 Å². The van der Waals surface area contributed by atoms with Crippen LogP contribution in [0.5, 0.6) is 5.75 Å². The molecule has 3 heterocycles. The number of aromatic hydroxyl groups is 1. The zero-order valence-electron chi connectivity index (χ0n) is 76.9. The monoisotopic (exact) mass is 2030 g/mol. The minimum atomic E-state index is -7.20. The van der Waals surface area contributed by atoms with E-state index < -0.39 is 363 Å². The number of carboxylic acid groups (broad SMARTS) is 1. The van der Waals surface area contributed by atoms with Gasteiger partial charge in [0.15, 0.2) is 58.2 Å². The Labute approximate surface area is 802 Å². The summed E-state index contributed by atoms with van der Waals surface area (Å²) in [5, 5.41) is 77.2. The zero-order valence-corrected chi connectivity index (χ0v) is 77.7. The number of benzene rings is 6. The lowest BCUT2D eigenvalue weighted by atomic mass is 9.80. The molecule has 770 valence electrons. The second-order valence-electron chi connectivity index (χ2n) is 34.3. The Morgan fingerprint density at radius 1 is 0.486 bits per heavy atom. The van der Waals surface area contributed by atoms with E-state index >= 15 is 63.5 Å². The first-order valence-corrected chi connectivity index (χ1v) is 45.6. The molecule has 24 N–H and O–H groups in total. The first-order chi connectivity index (χ1) is 66.7. The van der Waals surface area contributed by atoms with Gasteiger partial charge in [-0.1, -0.05) is 93.8 Å². The molecular weight excluding hydrogens is 1920 g/mol. The molecule has 10 rings (SSSR count). The van der Waals surface area contributed by atoms with E-state index in [0.29, 0.717) is 42.2 Å². The van der Waals surface area contributed by atoms with Crippen LogP contribution < -0.4 is 96.5 Å². The number of hydrogen-bond acceptors (Lipinski definition) is 24. The number of anilines is 2. The second kappa shape index (κ2) is 50.3. The average molecular weight is 2030 g/mol. The number of phenolic OH excluding ortho intramolecular Hbond substituents is 1. The molecule has 0 aromatic heterocycles. The highest BCUT2D eigenvalue weighted by Gasteiger charge is 2.45. The number of aliphatic hydroxyl groups is 2. The van der Waals surface area contributed by atoms with Crippen molar-refractivity contribution in [2.75, 3.05) is 30.3 Å². The van der Waals surface area contributed by atoms with Crippen LogP contribution in [-0.4, -0.2) is 240 Å². The molecule has 16 amide bonds. The maximum Gasteiger partial charge on any atom is 0.303 e. The summed E-state index contributed by atoms with van der Waals surface area (Å²) in [4.78, 5) is 233. The van der Waals surface area contributed by atoms with E-state index in [4.69, 9.17) is 11.5 Å². The van der Waals surface area contributed by atoms with Gasteiger partial charge in [0.05, 0.1) is 12.7 Å². The smallest absolute Gasteiger partial charge is 0.303 e. The number of carbonyl (C=O) groups is 17. The van der Waals surface area contributed by atoms with Crippen LogP contribution in [-0.2, 0) is 111 Å². The van der Waals surface area contributed by atoms with Crippen LogP contribution >= 0.6 is 0 Å². The predicted molar refractivity (Wildman–Crippen MR) is 479 cm³/mol. The van der Waals surface area contributed by atoms with Crippen molar-refractivity contribution in [1.82, 2.24) is 74.4 Å². The van der Waals surface area contributed by atoms with Crippen molar-refractivity contribution in [1.29, 1.82) is 0 Å². The molecule has 4 bridgehead atoms. The van der Waals surface area contributed by atoms with Gasteiger partial charge in [-0.25, -0.2) is 52.3 Å². The van der Waals surface area contributed by atoms with Gasteiger partial charge in [0, 0.05) is 52.1 Å². The Bertz CT molecular complexity index is 5880. The molecule has 0 spiro atoms. The molecule has 1 saturated carbocycles. The summed E-state index contributed by atoms with van der Waals surface area (Å²) in [6.07, 6.45) is -7.44. The number of halogens is 10. The molecule has 52 heteroatoms. The van der Waals surface area contributed by atoms with Gasteiger partial charge in [-0.3, -0.25) is 81.5 Å². The lowest BCUT2D eigenvalue weighted by molar-refractivity contribution is -0.139. The standard InChI is InChI=1S/C90H106F10N18O23S/c1-37(2)27-54(108-42(7)121)86(135)118-72(41(6)120)90(139)114-58(33-46-18-22-50(91)51(92)29-46)85(134)115-59-34-103-73-64(93)68(97)75(69(98)65(73)94)142(140,141)76-70(99)66(95)74(67(96)71(76)100)104-35-60(88(137)117-61(36-119)89(138)107-39(4)78(127)105-38(3)77(102)126)116-84(133)55(30-43-11-10-12-43)111-80(129)52(23-25-62(101)123)109-79(128)40(5)106-82(131)57(32-45-15-19-47-13-8-9-14-48(47)28-45)113-83(132)56(31-44-16-20-49(122)21-17-44)112-81(130)53(110-87(59)136)24-26-63(124)125/h8-9,13-22,28-29,37-41,43,52-61,72,103-104,119-120,122H,10-12,23-27,30-36H2,1-7H3,(H2,101,123)(H2,102,126)(H,105,127)(H,106,131)(H,107,138)(H,108,121)(H,109,128)(H,110,136)(H,111,129)(H,112,130)(H,113,132)(H,114,139)(H,115,134)(H,116,133)(H,117,137)(H,118,135)(H,124,125)/t38-,39-,40-,41+,52-,53-,54-,55-,56-,57-,58-,59-,60+,61-,72-/m0/s1. The van der Waals surface area contributed by atoms with Crippen molar-refractivity contribution in [2.24, 2.45) is 23.3 Å². The first-order valence-electron chi connectivity index (χ1n) is 44.1. The molecule has 4 aliphatic rings. The molecule has 142 heavy (non-hydrogen) atoms. The molecule has 0 unspecified atom stereocenters. The van der Waals surface area contributed by atoms with Crippen molar-refractivity contribution >= 4 is 132 Å². The summed E-state index contributed by atoms with van der Waals surface area (Å²) >= 11 is 0. The van der Waals surface area contributed by atoms with Crippen molar-refractivity contribution in [3.8, 4) is 5.75 Å². The fraction of sp³-hybridized carbons (Fsp3) is 0.433. The maximum absolute atomic E-state index is 17.0. The number of carbonyl (C=O) groups excluding carboxylic acids is 16. The van der Waals surface area contributed by atoms with Gasteiger partial charge in [0.25, 0.3) is 0 Å². The van der Waals surface area contributed by atoms with Crippen LogP contribution in [0.3, 0.4) is 0 Å². The Balaban J connectivity index is 1.32. The second-order valence-corrected chi connectivity index (χ2v) is 36.1. The van der Waals surface area contributed by atoms with Crippen molar-refractivity contribution < 1.29 is 154 Å². The third-order valence-corrected chi connectivity index (χ3v) is 24.5. The van der Waals surface area contributed by atoms with Crippen LogP contribution in [0.25, 0.3) is 10.8 Å². The summed E-state index contributed by atoms with van der Waals surface area (Å²) in [5.74, 6) is -52.9. The number of amides is 16. The topological polar surface area (TPSA) is 650 Å². The Morgan fingerprint density at radius 2 is 0.979 bits per heavy atom. The lowest BCUT2D eigenvalue weighted by Crippen LogP contribution is -2.62. The fourth-order valence-corrected chi connectivity index (χ4v) is 16.3. The molecule has 41 nitrogen and oxygen atoms in total. The molecule has 6 aromatic rings. The van der Waals surface area contributed by atoms with Crippen LogP contribution in [0.4, 0.5) is 55.3 Å². The van der Waals surface area contributed by atoms with E-state index in [0.717, 1.165) is 52.8 Å². The van der Waals surface area contributed by atoms with E-state index in [9.17, 15) is 90.8 Å². The Hall–Kier alpha value is -14.9. The third kappa shape index (κ3) is 30.3. The summed E-state index contributed by atoms with van der Waals surface area (Å²) in [7, 11) is -7.20. The highest BCUT2D eigenvalue weighted by atomic mass is 32.2. The minimum absolute atomic E-state index is 0.0520. The van der Waals surface area contributed by atoms with Crippen LogP contribution in [0.1, 0.15) is 123 Å². The number of phenols is 1. The zero-order chi connectivity index (χ0) is 105. The number of sulfone groups is 1. The van der Waals surface area contributed by atoms with Crippen LogP contribution in [0.2, 0.25) is 0 Å². The number of hydrogen-bond donors (Lipinski definition) is 22. The summed E-state index contributed by atoms with van der Waals surface area (Å²) < 4.78 is 194. The third-order valence-electron chi connectivity index (χ3n) is 22.8. The van der Waals surface area contributed by atoms with E-state index in [2.05, 4.69) is 58.5 Å². The number of rotatable bonds is 32. The number of primary amides is 2. The maximum atomic E-state index is 17.0. The normalized spacial score (nSPS) is 20.2. The number of fused-ring (bicyclic) bond motifs is 3. The Morgan fingerprint density at radius 3 is 1.50 bits per heavy atom. The fourth-order valence-electron chi connectivity index (χ4n) is 14.8. The molecule has 3 aliphatic heterocycles. The van der Waals surface area contributed by atoms with Gasteiger partial charge in [0.1, 0.15) is 112 Å². The van der Waals surface area contributed by atoms with Gasteiger partial charge in [0.2, 0.25) is 104 Å². The van der Waals surface area contributed by atoms with Crippen LogP contribution in [0.15, 0.2) is 94.7 Å². The molecule has 15 atom stereocenters. The number of nitrogens with two attached hydrogens (primary N) is 2. The minimum Gasteiger partial charge on any atom is -0.508 e. The SMILES string of the molecule is CC(=O)N[C@@H](CC(C)C)C(=O)N[C@H](C(=O)N[C@@H](Cc1ccc(F)c(F)c1)C(=O)N[C@H]1CNc2c(F)c(F)c(c(F)c2F)S(=O)(=O)c2c(F)c(F)c(c(F)c2F)NC[C@H](C(=O)N[C@@H](CO)C(=O)N[C@@H](C)C(=O)N[C@@H](C)C(N)=O)NC(=O)[C@H](CC2CCC2)NC(=O)[C@H](CCC(N)=O)NC(=O)[C@H](C)NC(=O)[C@H](Cc2ccc3ccccc3c2)NC(=O)[C@H](Cc2ccc(O)cc2)NC(=O)[C@H](CCC(=O)O)NC1=O)[C@@H](C)O. The van der Waals surface area contributed by atoms with Gasteiger partial charge in [-0.05, 0) is 117 Å². The molecule has 0 radical (unpaired) electrons. The van der Waals surface area contributed by atoms with Crippen molar-refractivity contribution in [3.63, 3.8) is 0 Å². The summed E-state index contributed by atoms with van der Waals surface area (Å²) in [6, 6.07) is -11.1. The van der Waals surface area contributed by atoms with E-state index in [1.54, 1.807) is 60.9 Å². The summed E-state index contributed by atoms with van der Waals surface area (Å²) in [5.41, 5.74) is 6.12. The van der Waals surface area contributed by atoms with Gasteiger partial charge in [-0.2, -0.15) is 0 Å². The van der Waals surface area contributed by atoms with Gasteiger partial charge in [-0.15, -0.1) is 0 Å². The number of aliphatic hydroxyl groups excluding tert-OH is 2. The van der Waals surface area contributed by atoms with E-state index in [1.807, 2.05) is 16.0 Å². The largest absolute Gasteiger partial charge is 0.508 e. The molecule has 6 aromatic carbocycles. The Kier molecular flexibility index (Phi) is 39.8. The average Bonchev–Trinajstić information content (AvgIpc) is 0.729. The highest BCUT2D eigenvalue weighted by molar-refractivity contribution is 7.91. The van der Waals surface area contributed by atoms with Crippen LogP contribution in [0, 0.1) is 70.0 Å². The predicted octanol–water partition coefficient (Wildman–Crippen LogP) is -0.574. The number of aliphatic carboxylic acids is 1. The number of nitrogens with one attached hydrogen (secondary N) is 16. The highest BCUT2D eigenvalue weighted by Crippen LogP contribution is 2.40. The van der Waals surface area contributed by atoms with E-state index in [1.165, 1.54) is 18.2 Å². The van der Waals surface area contributed by atoms with Gasteiger partial charge < -0.3 is 117 Å². The molecule has 1 fully saturated rings. The molecule has 1 aliphatic carbocycles. The van der Waals surface area contributed by atoms with Gasteiger partial charge >= 0.3 is 5.97 Å². The quantitative estimate of drug-likeness (QED) is 0.0186. The molecular formula is C90H106F10N18O23S. The molecule has 0 saturated heterocycles. The van der Waals surface area contributed by atoms with Crippen molar-refractivity contribution in [2.45, 2.75) is 226 Å². The lowest BCUT2D eigenvalue weighted by Gasteiger charge is -2.32.